The van der Waals surface area contributed by atoms with Crippen molar-refractivity contribution in [1.29, 1.82) is 0 Å². The van der Waals surface area contributed by atoms with Crippen LogP contribution in [0, 0.1) is 26.7 Å². The van der Waals surface area contributed by atoms with Gasteiger partial charge in [0.05, 0.1) is 4.88 Å². The van der Waals surface area contributed by atoms with Gasteiger partial charge in [0.15, 0.2) is 0 Å². The Morgan fingerprint density at radius 3 is 2.45 bits per heavy atom. The van der Waals surface area contributed by atoms with Crippen molar-refractivity contribution >= 4 is 27.2 Å². The van der Waals surface area contributed by atoms with Gasteiger partial charge in [0.2, 0.25) is 5.78 Å². The molecule has 0 radical (unpaired) electrons. The molecule has 0 spiro atoms. The number of rotatable bonds is 8. The Kier molecular flexibility index (Phi) is 6.75. The molecular weight excluding hydrogens is 490 g/mol. The van der Waals surface area contributed by atoms with E-state index in [-0.39, 0.29) is 17.6 Å². The summed E-state index contributed by atoms with van der Waals surface area (Å²) in [6.07, 6.45) is 5.46. The van der Waals surface area contributed by atoms with Gasteiger partial charge in [-0.05, 0) is 93.1 Å². The van der Waals surface area contributed by atoms with Crippen LogP contribution in [0.3, 0.4) is 0 Å². The number of benzene rings is 3. The molecule has 1 N–H and O–H groups in total. The lowest BCUT2D eigenvalue weighted by Crippen LogP contribution is -2.26. The normalized spacial score (nSPS) is 17.8. The maximum absolute atomic E-state index is 14.0. The van der Waals surface area contributed by atoms with Gasteiger partial charge in [0.25, 0.3) is 0 Å². The van der Waals surface area contributed by atoms with Crippen LogP contribution >= 0.6 is 11.3 Å². The number of hydrogen-bond donors (Lipinski definition) is 1. The number of thiophene rings is 1. The molecule has 1 atom stereocenters. The molecule has 2 fully saturated rings. The molecule has 0 bridgehead atoms. The van der Waals surface area contributed by atoms with Crippen LogP contribution in [0.15, 0.2) is 54.6 Å². The average Bonchev–Trinajstić information content (AvgIpc) is 3.48. The molecule has 3 aromatic carbocycles. The molecule has 5 heteroatoms. The Morgan fingerprint density at radius 2 is 1.74 bits per heavy atom. The molecular formula is C33H35NO3S. The van der Waals surface area contributed by atoms with E-state index in [9.17, 15) is 9.90 Å². The number of aryl methyl sites for hydroxylation is 3. The van der Waals surface area contributed by atoms with Crippen LogP contribution in [0.1, 0.15) is 57.6 Å². The minimum Gasteiger partial charge on any atom is -0.508 e. The summed E-state index contributed by atoms with van der Waals surface area (Å²) in [6, 6.07) is 17.7. The maximum atomic E-state index is 14.0. The van der Waals surface area contributed by atoms with Crippen molar-refractivity contribution < 1.29 is 14.6 Å². The molecule has 2 heterocycles. The lowest BCUT2D eigenvalue weighted by molar-refractivity contribution is 0.104. The predicted molar refractivity (Wildman–Crippen MR) is 156 cm³/mol. The van der Waals surface area contributed by atoms with Crippen LogP contribution in [0.2, 0.25) is 0 Å². The Labute approximate surface area is 228 Å². The van der Waals surface area contributed by atoms with Gasteiger partial charge >= 0.3 is 0 Å². The molecule has 1 aliphatic heterocycles. The van der Waals surface area contributed by atoms with E-state index in [1.807, 2.05) is 32.0 Å². The summed E-state index contributed by atoms with van der Waals surface area (Å²) in [7, 11) is 0. The second-order valence-corrected chi connectivity index (χ2v) is 12.2. The molecule has 4 aromatic rings. The van der Waals surface area contributed by atoms with Crippen molar-refractivity contribution in [2.24, 2.45) is 5.92 Å². The van der Waals surface area contributed by atoms with E-state index in [0.29, 0.717) is 4.88 Å². The monoisotopic (exact) mass is 525 g/mol. The van der Waals surface area contributed by atoms with Crippen molar-refractivity contribution in [1.82, 2.24) is 4.90 Å². The number of nitrogens with zero attached hydrogens (tertiary/aromatic N) is 1. The first kappa shape index (κ1) is 25.1. The van der Waals surface area contributed by atoms with E-state index in [1.165, 1.54) is 37.1 Å². The minimum absolute atomic E-state index is 0.0354. The van der Waals surface area contributed by atoms with Gasteiger partial charge in [-0.3, -0.25) is 9.69 Å². The number of carbonyl (C=O) groups excluding carboxylic acids is 1. The molecule has 0 amide bonds. The molecule has 1 saturated carbocycles. The van der Waals surface area contributed by atoms with Crippen molar-refractivity contribution in [3.63, 3.8) is 0 Å². The number of likely N-dealkylation sites (tertiary alicyclic amines) is 1. The summed E-state index contributed by atoms with van der Waals surface area (Å²) < 4.78 is 7.26. The highest BCUT2D eigenvalue weighted by Gasteiger charge is 2.28. The van der Waals surface area contributed by atoms with E-state index < -0.39 is 0 Å². The summed E-state index contributed by atoms with van der Waals surface area (Å²) in [6.45, 7) is 9.39. The lowest BCUT2D eigenvalue weighted by atomic mass is 9.92. The number of phenolic OH excluding ortho intramolecular Hbond substituents is 1. The predicted octanol–water partition coefficient (Wildman–Crippen LogP) is 7.68. The lowest BCUT2D eigenvalue weighted by Gasteiger charge is -2.17. The van der Waals surface area contributed by atoms with E-state index in [2.05, 4.69) is 36.1 Å². The van der Waals surface area contributed by atoms with E-state index >= 15 is 0 Å². The number of ketones is 1. The van der Waals surface area contributed by atoms with E-state index in [1.54, 1.807) is 12.1 Å². The van der Waals surface area contributed by atoms with Gasteiger partial charge in [-0.25, -0.2) is 0 Å². The Morgan fingerprint density at radius 1 is 1.00 bits per heavy atom. The fraction of sp³-hybridized carbons (Fsp3) is 0.364. The zero-order chi connectivity index (χ0) is 26.4. The van der Waals surface area contributed by atoms with Gasteiger partial charge < -0.3 is 9.84 Å². The number of aromatic hydroxyl groups is 1. The molecule has 2 aliphatic rings. The molecule has 196 valence electrons. The molecule has 1 aliphatic carbocycles. The van der Waals surface area contributed by atoms with E-state index in [0.717, 1.165) is 74.6 Å². The number of fused-ring (bicyclic) bond motifs is 1. The molecule has 38 heavy (non-hydrogen) atoms. The summed E-state index contributed by atoms with van der Waals surface area (Å²) >= 11 is 1.45. The Balaban J connectivity index is 1.29. The first-order valence-corrected chi connectivity index (χ1v) is 14.5. The van der Waals surface area contributed by atoms with Gasteiger partial charge in [-0.1, -0.05) is 42.7 Å². The summed E-state index contributed by atoms with van der Waals surface area (Å²) in [5.41, 5.74) is 5.81. The fourth-order valence-corrected chi connectivity index (χ4v) is 7.15. The third-order valence-corrected chi connectivity index (χ3v) is 9.16. The largest absolute Gasteiger partial charge is 0.508 e. The topological polar surface area (TPSA) is 49.8 Å². The Bertz CT molecular complexity index is 1480. The van der Waals surface area contributed by atoms with Crippen LogP contribution in [0.25, 0.3) is 21.2 Å². The van der Waals surface area contributed by atoms with Crippen molar-refractivity contribution in [3.05, 3.63) is 81.7 Å². The third-order valence-electron chi connectivity index (χ3n) is 8.01. The minimum atomic E-state index is 0.0354. The summed E-state index contributed by atoms with van der Waals surface area (Å²) in [5, 5.41) is 11.1. The Hall–Kier alpha value is -3.15. The van der Waals surface area contributed by atoms with Gasteiger partial charge in [-0.2, -0.15) is 0 Å². The first-order chi connectivity index (χ1) is 18.4. The fourth-order valence-electron chi connectivity index (χ4n) is 5.94. The highest BCUT2D eigenvalue weighted by Crippen LogP contribution is 2.42. The van der Waals surface area contributed by atoms with Crippen LogP contribution in [-0.2, 0) is 0 Å². The van der Waals surface area contributed by atoms with Gasteiger partial charge in [0, 0.05) is 34.3 Å². The van der Waals surface area contributed by atoms with Gasteiger partial charge in [0.1, 0.15) is 17.6 Å². The highest BCUT2D eigenvalue weighted by atomic mass is 32.1. The van der Waals surface area contributed by atoms with Crippen molar-refractivity contribution in [2.75, 3.05) is 19.6 Å². The number of hydrogen-bond acceptors (Lipinski definition) is 5. The molecule has 1 saturated heterocycles. The van der Waals surface area contributed by atoms with Gasteiger partial charge in [-0.15, -0.1) is 11.3 Å². The van der Waals surface area contributed by atoms with Crippen molar-refractivity contribution in [3.8, 4) is 22.6 Å². The zero-order valence-corrected chi connectivity index (χ0v) is 23.2. The summed E-state index contributed by atoms with van der Waals surface area (Å²) in [4.78, 5) is 17.2. The first-order valence-electron chi connectivity index (χ1n) is 13.7. The smallest absolute Gasteiger partial charge is 0.204 e. The zero-order valence-electron chi connectivity index (χ0n) is 22.4. The van der Waals surface area contributed by atoms with Crippen molar-refractivity contribution in [2.45, 2.75) is 52.6 Å². The van der Waals surface area contributed by atoms with E-state index in [4.69, 9.17) is 4.74 Å². The van der Waals surface area contributed by atoms with Crippen LogP contribution in [-0.4, -0.2) is 41.5 Å². The molecule has 1 aromatic heterocycles. The number of carbonyl (C=O) groups is 1. The number of ether oxygens (including phenoxy) is 1. The second kappa shape index (κ2) is 10.2. The molecule has 4 nitrogen and oxygen atoms in total. The quantitative estimate of drug-likeness (QED) is 0.240. The molecule has 6 rings (SSSR count). The van der Waals surface area contributed by atoms with Crippen LogP contribution in [0.5, 0.6) is 11.5 Å². The standard InChI is InChI=1S/C33H35NO3S/c1-20-16-21(2)30(22(3)17-20)32(36)33-31(28-11-8-25(35)18-29(28)38-33)24-6-9-26(10-7-24)37-27-13-15-34(19-27)14-12-23-4-5-23/h6-11,16-18,23,27,35H,4-5,12-15,19H2,1-3H3/t27-/m0/s1. The third kappa shape index (κ3) is 5.10. The summed E-state index contributed by atoms with van der Waals surface area (Å²) in [5.74, 6) is 2.08. The van der Waals surface area contributed by atoms with Crippen LogP contribution in [0.4, 0.5) is 0 Å². The highest BCUT2D eigenvalue weighted by molar-refractivity contribution is 7.21. The maximum Gasteiger partial charge on any atom is 0.204 e. The average molecular weight is 526 g/mol. The second-order valence-electron chi connectivity index (χ2n) is 11.2. The molecule has 0 unspecified atom stereocenters. The SMILES string of the molecule is Cc1cc(C)c(C(=O)c2sc3cc(O)ccc3c2-c2ccc(O[C@H]3CCN(CCC4CC4)C3)cc2)c(C)c1. The van der Waals surface area contributed by atoms with Crippen LogP contribution < -0.4 is 4.74 Å². The number of phenols is 1.